The molecule has 0 saturated heterocycles. The molecule has 1 atom stereocenters. The number of pyridine rings is 2. The first-order valence-electron chi connectivity index (χ1n) is 15.3. The molecule has 0 spiro atoms. The number of hydrogen-bond acceptors (Lipinski definition) is 4. The summed E-state index contributed by atoms with van der Waals surface area (Å²) in [7, 11) is 0. The van der Waals surface area contributed by atoms with E-state index in [2.05, 4.69) is 22.1 Å². The van der Waals surface area contributed by atoms with Gasteiger partial charge in [0, 0.05) is 50.1 Å². The number of benzene rings is 3. The van der Waals surface area contributed by atoms with Crippen LogP contribution < -0.4 is 0 Å². The van der Waals surface area contributed by atoms with Gasteiger partial charge in [-0.05, 0) is 65.4 Å². The van der Waals surface area contributed by atoms with Crippen LogP contribution in [0, 0.1) is 6.92 Å². The van der Waals surface area contributed by atoms with Crippen LogP contribution in [-0.4, -0.2) is 44.2 Å². The maximum atomic E-state index is 14.5. The molecule has 6 rings (SSSR count). The average Bonchev–Trinajstić information content (AvgIpc) is 3.10. The second-order valence-electron chi connectivity index (χ2n) is 11.5. The highest BCUT2D eigenvalue weighted by Crippen LogP contribution is 2.24. The van der Waals surface area contributed by atoms with Gasteiger partial charge >= 0.3 is 0 Å². The van der Waals surface area contributed by atoms with Crippen molar-refractivity contribution in [2.45, 2.75) is 38.9 Å². The minimum absolute atomic E-state index is 0.0475. The van der Waals surface area contributed by atoms with E-state index in [1.807, 2.05) is 109 Å². The van der Waals surface area contributed by atoms with E-state index in [0.717, 1.165) is 39.9 Å². The normalized spacial score (nSPS) is 13.3. The van der Waals surface area contributed by atoms with Crippen molar-refractivity contribution in [1.82, 2.24) is 19.8 Å². The average molecular weight is 593 g/mol. The van der Waals surface area contributed by atoms with Crippen LogP contribution in [0.25, 0.3) is 17.3 Å². The van der Waals surface area contributed by atoms with Crippen molar-refractivity contribution < 1.29 is 9.59 Å². The van der Waals surface area contributed by atoms with Gasteiger partial charge in [0.05, 0.1) is 11.4 Å². The molecule has 0 fully saturated rings. The second-order valence-corrected chi connectivity index (χ2v) is 11.5. The lowest BCUT2D eigenvalue weighted by molar-refractivity contribution is -0.144. The fraction of sp³-hybridized carbons (Fsp3) is 0.179. The summed E-state index contributed by atoms with van der Waals surface area (Å²) >= 11 is 0. The lowest BCUT2D eigenvalue weighted by atomic mass is 9.97. The molecule has 1 aliphatic rings. The predicted octanol–water partition coefficient (Wildman–Crippen LogP) is 6.69. The van der Waals surface area contributed by atoms with Crippen molar-refractivity contribution >= 4 is 17.9 Å². The summed E-state index contributed by atoms with van der Waals surface area (Å²) in [6, 6.07) is 35.3. The molecular weight excluding hydrogens is 556 g/mol. The Labute approximate surface area is 264 Å². The summed E-state index contributed by atoms with van der Waals surface area (Å²) in [6.45, 7) is 3.40. The highest BCUT2D eigenvalue weighted by molar-refractivity contribution is 5.95. The van der Waals surface area contributed by atoms with Crippen molar-refractivity contribution in [3.63, 3.8) is 0 Å². The molecule has 0 saturated carbocycles. The molecular formula is C39H36N4O2. The van der Waals surface area contributed by atoms with Crippen LogP contribution >= 0.6 is 0 Å². The van der Waals surface area contributed by atoms with Gasteiger partial charge in [0.2, 0.25) is 11.8 Å². The van der Waals surface area contributed by atoms with E-state index in [1.54, 1.807) is 23.4 Å². The number of aryl methyl sites for hydroxylation is 1. The smallest absolute Gasteiger partial charge is 0.247 e. The van der Waals surface area contributed by atoms with Crippen molar-refractivity contribution in [3.05, 3.63) is 161 Å². The summed E-state index contributed by atoms with van der Waals surface area (Å²) in [5.41, 5.74) is 7.97. The van der Waals surface area contributed by atoms with Gasteiger partial charge in [-0.15, -0.1) is 0 Å². The van der Waals surface area contributed by atoms with Gasteiger partial charge in [0.25, 0.3) is 0 Å². The fourth-order valence-corrected chi connectivity index (χ4v) is 5.75. The number of carbonyl (C=O) groups is 2. The first-order chi connectivity index (χ1) is 22.0. The second kappa shape index (κ2) is 14.0. The maximum absolute atomic E-state index is 14.5. The van der Waals surface area contributed by atoms with Crippen LogP contribution in [0.15, 0.2) is 128 Å². The molecule has 5 aromatic rings. The molecule has 3 heterocycles. The highest BCUT2D eigenvalue weighted by atomic mass is 16.2. The largest absolute Gasteiger partial charge is 0.336 e. The molecule has 2 aromatic heterocycles. The lowest BCUT2D eigenvalue weighted by Crippen LogP contribution is -2.52. The molecule has 0 aliphatic carbocycles. The quantitative estimate of drug-likeness (QED) is 0.179. The van der Waals surface area contributed by atoms with Crippen molar-refractivity contribution in [2.24, 2.45) is 0 Å². The number of carbonyl (C=O) groups excluding carboxylic acids is 2. The van der Waals surface area contributed by atoms with Gasteiger partial charge in [-0.3, -0.25) is 19.6 Å². The molecule has 6 nitrogen and oxygen atoms in total. The topological polar surface area (TPSA) is 66.4 Å². The van der Waals surface area contributed by atoms with Crippen LogP contribution in [0.4, 0.5) is 0 Å². The number of rotatable bonds is 9. The van der Waals surface area contributed by atoms with Gasteiger partial charge in [-0.2, -0.15) is 0 Å². The van der Waals surface area contributed by atoms with E-state index in [4.69, 9.17) is 0 Å². The summed E-state index contributed by atoms with van der Waals surface area (Å²) < 4.78 is 0. The number of fused-ring (bicyclic) bond motifs is 1. The molecule has 1 aliphatic heterocycles. The van der Waals surface area contributed by atoms with Crippen LogP contribution in [0.2, 0.25) is 0 Å². The number of hydrogen-bond donors (Lipinski definition) is 0. The van der Waals surface area contributed by atoms with Crippen molar-refractivity contribution in [2.75, 3.05) is 6.54 Å². The number of amides is 2. The minimum atomic E-state index is -0.698. The van der Waals surface area contributed by atoms with Gasteiger partial charge in [-0.1, -0.05) is 91.0 Å². The van der Waals surface area contributed by atoms with E-state index >= 15 is 0 Å². The molecule has 45 heavy (non-hydrogen) atoms. The Morgan fingerprint density at radius 3 is 2.31 bits per heavy atom. The standard InChI is InChI=1S/C39H36N4O2/c1-29-14-19-35(41-26-29)20-21-38(44)43(27-31-15-17-33(18-16-31)36-13-7-8-23-40-36)37(25-30-9-3-2-4-10-30)39(45)42-24-22-32-11-5-6-12-34(32)28-42/h2-21,23,26,37H,22,24-25,27-28H2,1H3/t37-/m0/s1. The van der Waals surface area contributed by atoms with Crippen LogP contribution in [0.3, 0.4) is 0 Å². The maximum Gasteiger partial charge on any atom is 0.247 e. The number of nitrogens with zero attached hydrogens (tertiary/aromatic N) is 4. The third-order valence-corrected chi connectivity index (χ3v) is 8.26. The Kier molecular flexibility index (Phi) is 9.21. The van der Waals surface area contributed by atoms with E-state index in [1.165, 1.54) is 11.6 Å². The highest BCUT2D eigenvalue weighted by Gasteiger charge is 2.34. The van der Waals surface area contributed by atoms with E-state index in [-0.39, 0.29) is 18.4 Å². The fourth-order valence-electron chi connectivity index (χ4n) is 5.75. The van der Waals surface area contributed by atoms with E-state index in [9.17, 15) is 9.59 Å². The third kappa shape index (κ3) is 7.42. The zero-order valence-corrected chi connectivity index (χ0v) is 25.4. The lowest BCUT2D eigenvalue weighted by Gasteiger charge is -2.37. The Morgan fingerprint density at radius 1 is 0.822 bits per heavy atom. The predicted molar refractivity (Wildman–Crippen MR) is 178 cm³/mol. The first kappa shape index (κ1) is 29.7. The minimum Gasteiger partial charge on any atom is -0.336 e. The summed E-state index contributed by atoms with van der Waals surface area (Å²) in [4.78, 5) is 41.1. The Hall–Kier alpha value is -5.36. The third-order valence-electron chi connectivity index (χ3n) is 8.26. The summed E-state index contributed by atoms with van der Waals surface area (Å²) in [5.74, 6) is -0.286. The first-order valence-corrected chi connectivity index (χ1v) is 15.3. The molecule has 0 bridgehead atoms. The van der Waals surface area contributed by atoms with Crippen LogP contribution in [-0.2, 0) is 35.5 Å². The Morgan fingerprint density at radius 2 is 1.58 bits per heavy atom. The van der Waals surface area contributed by atoms with Crippen molar-refractivity contribution in [3.8, 4) is 11.3 Å². The van der Waals surface area contributed by atoms with Gasteiger partial charge in [0.1, 0.15) is 6.04 Å². The molecule has 3 aromatic carbocycles. The Balaban J connectivity index is 1.34. The zero-order chi connectivity index (χ0) is 31.0. The van der Waals surface area contributed by atoms with Crippen LogP contribution in [0.5, 0.6) is 0 Å². The molecule has 2 amide bonds. The van der Waals surface area contributed by atoms with E-state index < -0.39 is 6.04 Å². The molecule has 6 heteroatoms. The molecule has 0 N–H and O–H groups in total. The Bertz CT molecular complexity index is 1770. The van der Waals surface area contributed by atoms with E-state index in [0.29, 0.717) is 25.2 Å². The van der Waals surface area contributed by atoms with Gasteiger partial charge in [-0.25, -0.2) is 0 Å². The molecule has 0 unspecified atom stereocenters. The molecule has 224 valence electrons. The van der Waals surface area contributed by atoms with Gasteiger partial charge < -0.3 is 9.80 Å². The van der Waals surface area contributed by atoms with Crippen molar-refractivity contribution in [1.29, 1.82) is 0 Å². The monoisotopic (exact) mass is 592 g/mol. The SMILES string of the molecule is Cc1ccc(C=CC(=O)N(Cc2ccc(-c3ccccn3)cc2)[C@@H](Cc2ccccc2)C(=O)N2CCc3ccccc3C2)nc1. The number of aromatic nitrogens is 2. The summed E-state index contributed by atoms with van der Waals surface area (Å²) in [5, 5.41) is 0. The van der Waals surface area contributed by atoms with Crippen LogP contribution in [0.1, 0.15) is 33.5 Å². The zero-order valence-electron chi connectivity index (χ0n) is 25.4. The molecule has 0 radical (unpaired) electrons. The summed E-state index contributed by atoms with van der Waals surface area (Å²) in [6.07, 6.45) is 8.02. The van der Waals surface area contributed by atoms with Gasteiger partial charge in [0.15, 0.2) is 0 Å².